The average molecular weight is 445 g/mol. The molecule has 3 heterocycles. The van der Waals surface area contributed by atoms with Crippen molar-refractivity contribution < 1.29 is 19.2 Å². The van der Waals surface area contributed by atoms with Crippen LogP contribution < -0.4 is 9.80 Å². The van der Waals surface area contributed by atoms with Gasteiger partial charge in [0.05, 0.1) is 11.4 Å². The number of benzene rings is 2. The Morgan fingerprint density at radius 1 is 0.688 bits per heavy atom. The highest BCUT2D eigenvalue weighted by atomic mass is 32.1. The van der Waals surface area contributed by atoms with Crippen LogP contribution >= 0.6 is 11.3 Å². The summed E-state index contributed by atoms with van der Waals surface area (Å²) in [6.07, 6.45) is 0. The molecule has 2 aliphatic heterocycles. The fraction of sp³-hybridized carbons (Fsp3) is 0.200. The number of carbonyl (C=O) groups excluding carboxylic acids is 4. The van der Waals surface area contributed by atoms with E-state index < -0.39 is 29.6 Å². The largest absolute Gasteiger partial charge is 0.314 e. The Balaban J connectivity index is 1.69. The fourth-order valence-electron chi connectivity index (χ4n) is 4.80. The lowest BCUT2D eigenvalue weighted by molar-refractivity contribution is -0.124. The highest BCUT2D eigenvalue weighted by molar-refractivity contribution is 7.10. The zero-order chi connectivity index (χ0) is 22.6. The predicted octanol–water partition coefficient (Wildman–Crippen LogP) is 3.78. The number of thiophene rings is 1. The smallest absolute Gasteiger partial charge is 0.238 e. The van der Waals surface area contributed by atoms with Crippen molar-refractivity contribution in [2.75, 3.05) is 23.9 Å². The number of anilines is 2. The van der Waals surface area contributed by atoms with Gasteiger partial charge in [0.1, 0.15) is 11.8 Å². The molecule has 0 fully saturated rings. The number of ketones is 2. The van der Waals surface area contributed by atoms with Gasteiger partial charge >= 0.3 is 0 Å². The summed E-state index contributed by atoms with van der Waals surface area (Å²) in [4.78, 5) is 57.8. The van der Waals surface area contributed by atoms with Crippen molar-refractivity contribution in [3.8, 4) is 0 Å². The Bertz CT molecular complexity index is 1180. The molecule has 3 aromatic rings. The minimum absolute atomic E-state index is 0.357. The van der Waals surface area contributed by atoms with E-state index in [9.17, 15) is 19.2 Å². The van der Waals surface area contributed by atoms with Gasteiger partial charge in [-0.25, -0.2) is 0 Å². The molecule has 0 bridgehead atoms. The number of carbonyl (C=O) groups is 4. The van der Waals surface area contributed by atoms with Gasteiger partial charge in [0.25, 0.3) is 0 Å². The van der Waals surface area contributed by atoms with Crippen LogP contribution in [0.4, 0.5) is 11.4 Å². The maximum absolute atomic E-state index is 13.6. The fourth-order valence-corrected chi connectivity index (χ4v) is 5.70. The van der Waals surface area contributed by atoms with Crippen molar-refractivity contribution in [2.45, 2.75) is 5.92 Å². The molecule has 0 saturated heterocycles. The second kappa shape index (κ2) is 7.53. The topological polar surface area (TPSA) is 74.8 Å². The van der Waals surface area contributed by atoms with Gasteiger partial charge in [-0.1, -0.05) is 30.3 Å². The molecule has 0 radical (unpaired) electrons. The lowest BCUT2D eigenvalue weighted by Gasteiger charge is -2.39. The third kappa shape index (κ3) is 2.85. The minimum Gasteiger partial charge on any atom is -0.314 e. The summed E-state index contributed by atoms with van der Waals surface area (Å²) in [6, 6.07) is 17.5. The first-order valence-electron chi connectivity index (χ1n) is 10.3. The molecule has 2 amide bonds. The highest BCUT2D eigenvalue weighted by Gasteiger charge is 2.52. The number of hydrogen-bond donors (Lipinski definition) is 0. The van der Waals surface area contributed by atoms with E-state index in [1.165, 1.54) is 21.1 Å². The molecule has 6 nitrogen and oxygen atoms in total. The molecule has 0 N–H and O–H groups in total. The number of nitrogens with zero attached hydrogens (tertiary/aromatic N) is 2. The molecule has 2 aromatic carbocycles. The van der Waals surface area contributed by atoms with Crippen molar-refractivity contribution >= 4 is 46.1 Å². The third-order valence-corrected chi connectivity index (χ3v) is 7.38. The van der Waals surface area contributed by atoms with Crippen LogP contribution in [-0.4, -0.2) is 37.5 Å². The van der Waals surface area contributed by atoms with Crippen molar-refractivity contribution in [1.29, 1.82) is 0 Å². The number of amides is 2. The molecule has 1 unspecified atom stereocenters. The normalized spacial score (nSPS) is 21.4. The first kappa shape index (κ1) is 20.3. The van der Waals surface area contributed by atoms with E-state index in [0.29, 0.717) is 27.4 Å². The van der Waals surface area contributed by atoms with Gasteiger partial charge in [0.15, 0.2) is 11.6 Å². The summed E-state index contributed by atoms with van der Waals surface area (Å²) in [5.41, 5.74) is 1.91. The number of para-hydroxylation sites is 2. The SMILES string of the molecule is CN1C(=O)[C@H](C(c2cccs2)[C@H]2C(=O)c3ccccc3N(C)C2=O)C(=O)c2ccccc21. The molecule has 3 atom stereocenters. The predicted molar refractivity (Wildman–Crippen MR) is 122 cm³/mol. The van der Waals surface area contributed by atoms with Crippen LogP contribution in [0.2, 0.25) is 0 Å². The summed E-state index contributed by atoms with van der Waals surface area (Å²) in [6.45, 7) is 0. The van der Waals surface area contributed by atoms with Crippen LogP contribution in [0.25, 0.3) is 0 Å². The van der Waals surface area contributed by atoms with Crippen LogP contribution in [0.1, 0.15) is 31.5 Å². The lowest BCUT2D eigenvalue weighted by atomic mass is 9.70. The van der Waals surface area contributed by atoms with Crippen LogP contribution in [0.5, 0.6) is 0 Å². The van der Waals surface area contributed by atoms with E-state index in [4.69, 9.17) is 0 Å². The summed E-state index contributed by atoms with van der Waals surface area (Å²) >= 11 is 1.35. The summed E-state index contributed by atoms with van der Waals surface area (Å²) in [5.74, 6) is -4.74. The maximum atomic E-state index is 13.6. The van der Waals surface area contributed by atoms with Gasteiger partial charge in [-0.05, 0) is 35.7 Å². The van der Waals surface area contributed by atoms with Crippen molar-refractivity contribution in [1.82, 2.24) is 0 Å². The Morgan fingerprint density at radius 3 is 1.59 bits per heavy atom. The van der Waals surface area contributed by atoms with Crippen molar-refractivity contribution in [3.05, 3.63) is 82.0 Å². The van der Waals surface area contributed by atoms with Crippen LogP contribution in [0.3, 0.4) is 0 Å². The minimum atomic E-state index is -1.16. The lowest BCUT2D eigenvalue weighted by Crippen LogP contribution is -2.52. The van der Waals surface area contributed by atoms with E-state index in [-0.39, 0.29) is 11.6 Å². The quantitative estimate of drug-likeness (QED) is 0.576. The molecule has 5 rings (SSSR count). The molecule has 7 heteroatoms. The zero-order valence-corrected chi connectivity index (χ0v) is 18.3. The van der Waals surface area contributed by atoms with Crippen LogP contribution in [-0.2, 0) is 9.59 Å². The van der Waals surface area contributed by atoms with Crippen LogP contribution in [0, 0.1) is 11.8 Å². The number of Topliss-reactive ketones (excluding diaryl/α,β-unsaturated/α-hetero) is 2. The highest BCUT2D eigenvalue weighted by Crippen LogP contribution is 2.46. The monoisotopic (exact) mass is 444 g/mol. The number of rotatable bonds is 3. The van der Waals surface area contributed by atoms with Gasteiger partial charge in [-0.15, -0.1) is 11.3 Å². The molecule has 1 aromatic heterocycles. The first-order valence-corrected chi connectivity index (χ1v) is 11.1. The van der Waals surface area contributed by atoms with E-state index >= 15 is 0 Å². The molecular weight excluding hydrogens is 424 g/mol. The summed E-state index contributed by atoms with van der Waals surface area (Å²) in [7, 11) is 3.25. The number of hydrogen-bond acceptors (Lipinski definition) is 5. The molecule has 32 heavy (non-hydrogen) atoms. The molecule has 2 aliphatic rings. The Hall–Kier alpha value is -3.58. The van der Waals surface area contributed by atoms with Gasteiger partial charge in [-0.2, -0.15) is 0 Å². The van der Waals surface area contributed by atoms with E-state index in [1.807, 2.05) is 5.38 Å². The van der Waals surface area contributed by atoms with E-state index in [1.54, 1.807) is 74.8 Å². The summed E-state index contributed by atoms with van der Waals surface area (Å²) < 4.78 is 0. The molecular formula is C25H20N2O4S. The average Bonchev–Trinajstić information content (AvgIpc) is 3.35. The van der Waals surface area contributed by atoms with Crippen LogP contribution in [0.15, 0.2) is 66.0 Å². The van der Waals surface area contributed by atoms with Gasteiger partial charge in [0, 0.05) is 36.0 Å². The molecule has 0 saturated carbocycles. The molecule has 0 aliphatic carbocycles. The molecule has 0 spiro atoms. The van der Waals surface area contributed by atoms with Crippen molar-refractivity contribution in [3.63, 3.8) is 0 Å². The van der Waals surface area contributed by atoms with E-state index in [2.05, 4.69) is 0 Å². The summed E-state index contributed by atoms with van der Waals surface area (Å²) in [5, 5.41) is 1.83. The van der Waals surface area contributed by atoms with E-state index in [0.717, 1.165) is 0 Å². The standard InChI is InChI=1S/C25H20N2O4S/c1-26-16-10-5-3-8-14(16)22(28)20(24(26)30)19(18-12-7-13-32-18)21-23(29)15-9-4-6-11-17(15)27(2)25(21)31/h3-13,19-21H,1-2H3/t19?,20-,21+. The Morgan fingerprint density at radius 2 is 1.16 bits per heavy atom. The second-order valence-electron chi connectivity index (χ2n) is 8.05. The van der Waals surface area contributed by atoms with Gasteiger partial charge in [-0.3, -0.25) is 19.2 Å². The Labute approximate surface area is 189 Å². The second-order valence-corrected chi connectivity index (χ2v) is 9.03. The van der Waals surface area contributed by atoms with Gasteiger partial charge < -0.3 is 9.80 Å². The maximum Gasteiger partial charge on any atom is 0.238 e. The number of fused-ring (bicyclic) bond motifs is 2. The van der Waals surface area contributed by atoms with Crippen molar-refractivity contribution in [2.24, 2.45) is 11.8 Å². The third-order valence-electron chi connectivity index (χ3n) is 6.41. The van der Waals surface area contributed by atoms with Gasteiger partial charge in [0.2, 0.25) is 11.8 Å². The molecule has 160 valence electrons. The first-order chi connectivity index (χ1) is 15.4. The zero-order valence-electron chi connectivity index (χ0n) is 17.5. The Kier molecular flexibility index (Phi) is 4.78.